The zero-order valence-electron chi connectivity index (χ0n) is 16.7. The number of amides is 1. The van der Waals surface area contributed by atoms with Crippen LogP contribution in [0.15, 0.2) is 99.1 Å². The molecule has 156 valence electrons. The molecule has 0 unspecified atom stereocenters. The van der Waals surface area contributed by atoms with E-state index in [4.69, 9.17) is 4.42 Å². The van der Waals surface area contributed by atoms with Crippen molar-refractivity contribution in [3.8, 4) is 11.3 Å². The number of benzene rings is 3. The first-order chi connectivity index (χ1) is 15.6. The predicted octanol–water partition coefficient (Wildman–Crippen LogP) is 6.67. The molecule has 1 aliphatic rings. The summed E-state index contributed by atoms with van der Waals surface area (Å²) in [6.45, 7) is 0. The third-order valence-corrected chi connectivity index (χ3v) is 6.05. The molecule has 0 atom stereocenters. The van der Waals surface area contributed by atoms with Gasteiger partial charge in [0.15, 0.2) is 0 Å². The van der Waals surface area contributed by atoms with Crippen LogP contribution in [0, 0.1) is 5.82 Å². The van der Waals surface area contributed by atoms with Gasteiger partial charge < -0.3 is 9.73 Å². The summed E-state index contributed by atoms with van der Waals surface area (Å²) in [6, 6.07) is 23.9. The molecular formula is C26H16FNO3S. The van der Waals surface area contributed by atoms with Crippen molar-refractivity contribution >= 4 is 35.2 Å². The van der Waals surface area contributed by atoms with E-state index in [0.717, 1.165) is 4.90 Å². The van der Waals surface area contributed by atoms with Crippen LogP contribution < -0.4 is 5.32 Å². The Morgan fingerprint density at radius 3 is 2.53 bits per heavy atom. The van der Waals surface area contributed by atoms with Crippen molar-refractivity contribution in [3.05, 3.63) is 113 Å². The van der Waals surface area contributed by atoms with Gasteiger partial charge in [-0.05, 0) is 60.7 Å². The van der Waals surface area contributed by atoms with Gasteiger partial charge >= 0.3 is 0 Å². The molecule has 0 spiro atoms. The van der Waals surface area contributed by atoms with Gasteiger partial charge in [0.2, 0.25) is 5.78 Å². The lowest BCUT2D eigenvalue weighted by Crippen LogP contribution is -2.12. The van der Waals surface area contributed by atoms with Crippen molar-refractivity contribution in [2.45, 2.75) is 4.90 Å². The lowest BCUT2D eigenvalue weighted by molar-refractivity contribution is 0.102. The van der Waals surface area contributed by atoms with Gasteiger partial charge in [-0.1, -0.05) is 42.1 Å². The number of thioether (sulfide) groups is 1. The lowest BCUT2D eigenvalue weighted by Gasteiger charge is -2.07. The summed E-state index contributed by atoms with van der Waals surface area (Å²) >= 11 is 1.39. The lowest BCUT2D eigenvalue weighted by atomic mass is 10.1. The molecule has 32 heavy (non-hydrogen) atoms. The zero-order valence-corrected chi connectivity index (χ0v) is 17.5. The summed E-state index contributed by atoms with van der Waals surface area (Å²) in [7, 11) is 0. The van der Waals surface area contributed by atoms with E-state index in [1.54, 1.807) is 54.6 Å². The smallest absolute Gasteiger partial charge is 0.255 e. The van der Waals surface area contributed by atoms with Gasteiger partial charge in [-0.3, -0.25) is 9.59 Å². The summed E-state index contributed by atoms with van der Waals surface area (Å²) in [5.74, 6) is -0.138. The Kier molecular flexibility index (Phi) is 5.21. The first-order valence-electron chi connectivity index (χ1n) is 9.87. The van der Waals surface area contributed by atoms with Crippen LogP contribution in [-0.4, -0.2) is 11.7 Å². The fourth-order valence-electron chi connectivity index (χ4n) is 3.44. The molecule has 5 rings (SSSR count). The van der Waals surface area contributed by atoms with Crippen LogP contribution in [0.1, 0.15) is 26.5 Å². The molecule has 0 radical (unpaired) electrons. The number of fused-ring (bicyclic) bond motifs is 1. The number of rotatable bonds is 4. The topological polar surface area (TPSA) is 59.3 Å². The number of Topliss-reactive ketones (excluding diaryl/α,β-unsaturated/α-hetero) is 1. The molecule has 0 bridgehead atoms. The number of ketones is 1. The second-order valence-corrected chi connectivity index (χ2v) is 8.27. The Morgan fingerprint density at radius 2 is 1.72 bits per heavy atom. The first kappa shape index (κ1) is 20.0. The molecule has 3 aromatic carbocycles. The highest BCUT2D eigenvalue weighted by Crippen LogP contribution is 2.41. The van der Waals surface area contributed by atoms with E-state index in [1.165, 1.54) is 23.9 Å². The van der Waals surface area contributed by atoms with Gasteiger partial charge in [0.25, 0.3) is 5.91 Å². The van der Waals surface area contributed by atoms with Crippen molar-refractivity contribution in [2.24, 2.45) is 0 Å². The standard InChI is InChI=1S/C26H16FNO3S/c27-18-13-16(12-17(14-18)26(30)28-19-6-2-1-3-7-19)22-11-10-20(31-22)15-24-25(29)21-8-4-5-9-23(21)32-24/h1-15H,(H,28,30)/b24-15-. The van der Waals surface area contributed by atoms with E-state index in [9.17, 15) is 14.0 Å². The number of hydrogen-bond acceptors (Lipinski definition) is 4. The number of allylic oxidation sites excluding steroid dienone is 1. The van der Waals surface area contributed by atoms with Gasteiger partial charge in [0.05, 0.1) is 4.91 Å². The van der Waals surface area contributed by atoms with E-state index >= 15 is 0 Å². The molecule has 4 nitrogen and oxygen atoms in total. The number of hydrogen-bond donors (Lipinski definition) is 1. The Hall–Kier alpha value is -3.90. The highest BCUT2D eigenvalue weighted by molar-refractivity contribution is 8.04. The molecule has 0 aliphatic carbocycles. The molecule has 4 aromatic rings. The van der Waals surface area contributed by atoms with Gasteiger partial charge in [-0.25, -0.2) is 4.39 Å². The molecule has 1 amide bonds. The quantitative estimate of drug-likeness (QED) is 0.360. The summed E-state index contributed by atoms with van der Waals surface area (Å²) in [5, 5.41) is 2.75. The van der Waals surface area contributed by atoms with E-state index in [2.05, 4.69) is 5.32 Å². The van der Waals surface area contributed by atoms with Crippen LogP contribution in [0.25, 0.3) is 17.4 Å². The van der Waals surface area contributed by atoms with Gasteiger partial charge in [0.1, 0.15) is 17.3 Å². The Labute approximate surface area is 187 Å². The predicted molar refractivity (Wildman–Crippen MR) is 123 cm³/mol. The van der Waals surface area contributed by atoms with Crippen LogP contribution in [0.3, 0.4) is 0 Å². The highest BCUT2D eigenvalue weighted by Gasteiger charge is 2.25. The largest absolute Gasteiger partial charge is 0.457 e. The van der Waals surface area contributed by atoms with E-state index in [-0.39, 0.29) is 11.3 Å². The average molecular weight is 441 g/mol. The number of furan rings is 1. The van der Waals surface area contributed by atoms with E-state index in [1.807, 2.05) is 24.3 Å². The minimum absolute atomic E-state index is 0.0471. The second-order valence-electron chi connectivity index (χ2n) is 7.19. The summed E-state index contributed by atoms with van der Waals surface area (Å²) in [5.41, 5.74) is 1.91. The molecule has 1 N–H and O–H groups in total. The maximum Gasteiger partial charge on any atom is 0.255 e. The highest BCUT2D eigenvalue weighted by atomic mass is 32.2. The van der Waals surface area contributed by atoms with Gasteiger partial charge in [0, 0.05) is 27.3 Å². The maximum absolute atomic E-state index is 14.3. The number of anilines is 1. The maximum atomic E-state index is 14.3. The van der Waals surface area contributed by atoms with Crippen molar-refractivity contribution in [2.75, 3.05) is 5.32 Å². The molecule has 6 heteroatoms. The van der Waals surface area contributed by atoms with Crippen LogP contribution in [0.4, 0.5) is 10.1 Å². The molecule has 2 heterocycles. The Morgan fingerprint density at radius 1 is 0.938 bits per heavy atom. The Bertz CT molecular complexity index is 1370. The molecule has 1 aliphatic heterocycles. The molecule has 1 aromatic heterocycles. The van der Waals surface area contributed by atoms with Crippen molar-refractivity contribution in [1.29, 1.82) is 0 Å². The normalized spacial score (nSPS) is 13.9. The zero-order chi connectivity index (χ0) is 22.1. The van der Waals surface area contributed by atoms with Crippen LogP contribution in [-0.2, 0) is 0 Å². The number of nitrogens with one attached hydrogen (secondary N) is 1. The molecule has 0 fully saturated rings. The third-order valence-electron chi connectivity index (χ3n) is 4.95. The second kappa shape index (κ2) is 8.32. The third kappa shape index (κ3) is 4.00. The van der Waals surface area contributed by atoms with Crippen LogP contribution >= 0.6 is 11.8 Å². The number of carbonyl (C=O) groups is 2. The number of para-hydroxylation sites is 1. The minimum atomic E-state index is -0.547. The fraction of sp³-hybridized carbons (Fsp3) is 0. The van der Waals surface area contributed by atoms with Crippen LogP contribution in [0.2, 0.25) is 0 Å². The minimum Gasteiger partial charge on any atom is -0.457 e. The summed E-state index contributed by atoms with van der Waals surface area (Å²) in [6.07, 6.45) is 1.68. The van der Waals surface area contributed by atoms with Crippen molar-refractivity contribution in [1.82, 2.24) is 0 Å². The number of carbonyl (C=O) groups excluding carboxylic acids is 2. The van der Waals surface area contributed by atoms with Crippen molar-refractivity contribution in [3.63, 3.8) is 0 Å². The van der Waals surface area contributed by atoms with Gasteiger partial charge in [-0.15, -0.1) is 0 Å². The fourth-order valence-corrected chi connectivity index (χ4v) is 4.47. The molecular weight excluding hydrogens is 425 g/mol. The van der Waals surface area contributed by atoms with E-state index < -0.39 is 11.7 Å². The van der Waals surface area contributed by atoms with Crippen LogP contribution in [0.5, 0.6) is 0 Å². The number of halogens is 1. The van der Waals surface area contributed by atoms with E-state index in [0.29, 0.717) is 33.2 Å². The Balaban J connectivity index is 1.40. The van der Waals surface area contributed by atoms with Crippen molar-refractivity contribution < 1.29 is 18.4 Å². The molecule has 0 saturated heterocycles. The monoisotopic (exact) mass is 441 g/mol. The summed E-state index contributed by atoms with van der Waals surface area (Å²) < 4.78 is 20.1. The SMILES string of the molecule is O=C(Nc1ccccc1)c1cc(F)cc(-c2ccc(/C=C3\Sc4ccccc4C3=O)o2)c1. The van der Waals surface area contributed by atoms with Gasteiger partial charge in [-0.2, -0.15) is 0 Å². The first-order valence-corrected chi connectivity index (χ1v) is 10.7. The molecule has 0 saturated carbocycles. The average Bonchev–Trinajstić information content (AvgIpc) is 3.39. The summed E-state index contributed by atoms with van der Waals surface area (Å²) in [4.78, 5) is 26.6.